The van der Waals surface area contributed by atoms with Gasteiger partial charge in [0.25, 0.3) is 5.91 Å². The van der Waals surface area contributed by atoms with E-state index in [4.69, 9.17) is 5.84 Å². The standard InChI is InChI=1S/C21H24N6O2S/c1-21(2,3)16-11-9-14(10-12-16)18-24-26-20(27(18)22)30-13-17(28)23-25-19(29)15-7-5-4-6-8-15/h4-12H,13,22H2,1-3H3,(H,23,28)(H,25,29). The van der Waals surface area contributed by atoms with Gasteiger partial charge in [0, 0.05) is 11.1 Å². The maximum atomic E-state index is 12.0. The molecule has 0 fully saturated rings. The van der Waals surface area contributed by atoms with Crippen molar-refractivity contribution in [3.8, 4) is 11.4 Å². The zero-order valence-electron chi connectivity index (χ0n) is 17.0. The van der Waals surface area contributed by atoms with Crippen LogP contribution in [-0.4, -0.2) is 32.4 Å². The van der Waals surface area contributed by atoms with Gasteiger partial charge in [-0.3, -0.25) is 20.4 Å². The van der Waals surface area contributed by atoms with Gasteiger partial charge in [0.2, 0.25) is 11.1 Å². The number of thioether (sulfide) groups is 1. The van der Waals surface area contributed by atoms with Gasteiger partial charge in [0.1, 0.15) is 0 Å². The summed E-state index contributed by atoms with van der Waals surface area (Å²) < 4.78 is 1.35. The van der Waals surface area contributed by atoms with E-state index in [9.17, 15) is 9.59 Å². The van der Waals surface area contributed by atoms with Crippen LogP contribution in [0.1, 0.15) is 36.7 Å². The topological polar surface area (TPSA) is 115 Å². The average molecular weight is 425 g/mol. The molecule has 1 heterocycles. The Morgan fingerprint density at radius 2 is 1.67 bits per heavy atom. The molecule has 3 aromatic rings. The molecule has 2 amide bonds. The first-order valence-electron chi connectivity index (χ1n) is 9.34. The minimum atomic E-state index is -0.392. The average Bonchev–Trinajstić information content (AvgIpc) is 3.11. The number of hydrogen-bond acceptors (Lipinski definition) is 6. The van der Waals surface area contributed by atoms with E-state index in [1.807, 2.05) is 30.3 Å². The van der Waals surface area contributed by atoms with Gasteiger partial charge in [-0.05, 0) is 23.1 Å². The molecule has 0 unspecified atom stereocenters. The van der Waals surface area contributed by atoms with Gasteiger partial charge in [0.05, 0.1) is 5.75 Å². The lowest BCUT2D eigenvalue weighted by molar-refractivity contribution is -0.119. The molecule has 0 aliphatic heterocycles. The summed E-state index contributed by atoms with van der Waals surface area (Å²) in [7, 11) is 0. The molecule has 8 nitrogen and oxygen atoms in total. The van der Waals surface area contributed by atoms with Crippen LogP contribution in [-0.2, 0) is 10.2 Å². The molecule has 0 spiro atoms. The maximum absolute atomic E-state index is 12.0. The van der Waals surface area contributed by atoms with Crippen molar-refractivity contribution in [2.45, 2.75) is 31.3 Å². The van der Waals surface area contributed by atoms with Crippen molar-refractivity contribution in [2.24, 2.45) is 0 Å². The van der Waals surface area contributed by atoms with Crippen molar-refractivity contribution in [1.29, 1.82) is 0 Å². The zero-order chi connectivity index (χ0) is 21.7. The number of amides is 2. The van der Waals surface area contributed by atoms with Crippen LogP contribution in [0, 0.1) is 0 Å². The molecule has 30 heavy (non-hydrogen) atoms. The van der Waals surface area contributed by atoms with E-state index in [1.165, 1.54) is 10.2 Å². The van der Waals surface area contributed by atoms with E-state index in [0.29, 0.717) is 16.5 Å². The summed E-state index contributed by atoms with van der Waals surface area (Å²) in [4.78, 5) is 24.0. The second-order valence-electron chi connectivity index (χ2n) is 7.66. The molecular formula is C21H24N6O2S. The van der Waals surface area contributed by atoms with Crippen LogP contribution < -0.4 is 16.7 Å². The van der Waals surface area contributed by atoms with Crippen molar-refractivity contribution < 1.29 is 9.59 Å². The highest BCUT2D eigenvalue weighted by Gasteiger charge is 2.17. The van der Waals surface area contributed by atoms with Crippen molar-refractivity contribution in [3.05, 3.63) is 65.7 Å². The fraction of sp³-hybridized carbons (Fsp3) is 0.238. The smallest absolute Gasteiger partial charge is 0.269 e. The Morgan fingerprint density at radius 1 is 1.00 bits per heavy atom. The summed E-state index contributed by atoms with van der Waals surface area (Å²) >= 11 is 1.13. The van der Waals surface area contributed by atoms with E-state index in [-0.39, 0.29) is 17.1 Å². The number of hydrogen-bond donors (Lipinski definition) is 3. The molecule has 0 atom stereocenters. The summed E-state index contributed by atoms with van der Waals surface area (Å²) in [5.74, 6) is 5.87. The van der Waals surface area contributed by atoms with Gasteiger partial charge < -0.3 is 5.84 Å². The largest absolute Gasteiger partial charge is 0.335 e. The van der Waals surface area contributed by atoms with Crippen molar-refractivity contribution in [3.63, 3.8) is 0 Å². The minimum absolute atomic E-state index is 0.0212. The fourth-order valence-electron chi connectivity index (χ4n) is 2.65. The summed E-state index contributed by atoms with van der Waals surface area (Å²) in [5, 5.41) is 8.59. The van der Waals surface area contributed by atoms with E-state index in [1.54, 1.807) is 24.3 Å². The minimum Gasteiger partial charge on any atom is -0.335 e. The summed E-state index contributed by atoms with van der Waals surface area (Å²) in [6, 6.07) is 16.6. The lowest BCUT2D eigenvalue weighted by Crippen LogP contribution is -2.42. The molecule has 0 aliphatic rings. The Hall–Kier alpha value is -3.33. The Balaban J connectivity index is 1.56. The van der Waals surface area contributed by atoms with Crippen LogP contribution in [0.4, 0.5) is 0 Å². The molecule has 0 saturated carbocycles. The number of hydrazine groups is 1. The van der Waals surface area contributed by atoms with Gasteiger partial charge in [-0.2, -0.15) is 0 Å². The number of nitrogens with one attached hydrogen (secondary N) is 2. The number of nitrogens with zero attached hydrogens (tertiary/aromatic N) is 3. The van der Waals surface area contributed by atoms with Crippen LogP contribution >= 0.6 is 11.8 Å². The number of carbonyl (C=O) groups excluding carboxylic acids is 2. The molecule has 4 N–H and O–H groups in total. The summed E-state index contributed by atoms with van der Waals surface area (Å²) in [6.45, 7) is 6.44. The third kappa shape index (κ3) is 5.18. The highest BCUT2D eigenvalue weighted by molar-refractivity contribution is 7.99. The number of carbonyl (C=O) groups is 2. The Kier molecular flexibility index (Phi) is 6.41. The number of benzene rings is 2. The Labute approximate surface area is 179 Å². The molecule has 0 saturated heterocycles. The second kappa shape index (κ2) is 9.00. The monoisotopic (exact) mass is 424 g/mol. The van der Waals surface area contributed by atoms with Crippen LogP contribution in [0.3, 0.4) is 0 Å². The van der Waals surface area contributed by atoms with Crippen LogP contribution in [0.15, 0.2) is 59.8 Å². The number of aromatic nitrogens is 3. The van der Waals surface area contributed by atoms with E-state index in [2.05, 4.69) is 41.8 Å². The lowest BCUT2D eigenvalue weighted by atomic mass is 9.87. The highest BCUT2D eigenvalue weighted by Crippen LogP contribution is 2.26. The quantitative estimate of drug-likeness (QED) is 0.329. The molecule has 2 aromatic carbocycles. The molecule has 3 rings (SSSR count). The third-order valence-corrected chi connectivity index (χ3v) is 5.30. The van der Waals surface area contributed by atoms with Crippen molar-refractivity contribution in [2.75, 3.05) is 11.6 Å². The lowest BCUT2D eigenvalue weighted by Gasteiger charge is -2.19. The first-order chi connectivity index (χ1) is 14.3. The van der Waals surface area contributed by atoms with Gasteiger partial charge in [0.15, 0.2) is 5.82 Å². The normalized spacial score (nSPS) is 11.2. The van der Waals surface area contributed by atoms with E-state index in [0.717, 1.165) is 17.3 Å². The Bertz CT molecular complexity index is 1030. The van der Waals surface area contributed by atoms with Crippen LogP contribution in [0.5, 0.6) is 0 Å². The highest BCUT2D eigenvalue weighted by atomic mass is 32.2. The molecule has 156 valence electrons. The molecule has 9 heteroatoms. The predicted molar refractivity (Wildman–Crippen MR) is 117 cm³/mol. The molecule has 0 radical (unpaired) electrons. The van der Waals surface area contributed by atoms with Crippen molar-refractivity contribution >= 4 is 23.6 Å². The van der Waals surface area contributed by atoms with E-state index < -0.39 is 5.91 Å². The Morgan fingerprint density at radius 3 is 2.30 bits per heavy atom. The first-order valence-corrected chi connectivity index (χ1v) is 10.3. The number of nitrogens with two attached hydrogens (primary N) is 1. The molecule has 1 aromatic heterocycles. The number of rotatable bonds is 5. The molecule has 0 aliphatic carbocycles. The van der Waals surface area contributed by atoms with Gasteiger partial charge in [-0.25, -0.2) is 4.68 Å². The van der Waals surface area contributed by atoms with E-state index >= 15 is 0 Å². The van der Waals surface area contributed by atoms with Crippen LogP contribution in [0.25, 0.3) is 11.4 Å². The first kappa shape index (κ1) is 21.4. The van der Waals surface area contributed by atoms with Gasteiger partial charge in [-0.1, -0.05) is 75.0 Å². The predicted octanol–water partition coefficient (Wildman–Crippen LogP) is 2.51. The molecular weight excluding hydrogens is 400 g/mol. The summed E-state index contributed by atoms with van der Waals surface area (Å²) in [6.07, 6.45) is 0. The van der Waals surface area contributed by atoms with Crippen molar-refractivity contribution in [1.82, 2.24) is 25.7 Å². The SMILES string of the molecule is CC(C)(C)c1ccc(-c2nnc(SCC(=O)NNC(=O)c3ccccc3)n2N)cc1. The van der Waals surface area contributed by atoms with Gasteiger partial charge in [-0.15, -0.1) is 10.2 Å². The molecule has 0 bridgehead atoms. The fourth-order valence-corrected chi connectivity index (χ4v) is 3.30. The maximum Gasteiger partial charge on any atom is 0.269 e. The van der Waals surface area contributed by atoms with Gasteiger partial charge >= 0.3 is 0 Å². The number of nitrogen functional groups attached to an aromatic ring is 1. The van der Waals surface area contributed by atoms with Crippen LogP contribution in [0.2, 0.25) is 0 Å². The summed E-state index contributed by atoms with van der Waals surface area (Å²) in [5.41, 5.74) is 7.30. The zero-order valence-corrected chi connectivity index (χ0v) is 17.9. The third-order valence-electron chi connectivity index (χ3n) is 4.36. The second-order valence-corrected chi connectivity index (χ2v) is 8.60.